The van der Waals surface area contributed by atoms with Crippen LogP contribution in [0.5, 0.6) is 0 Å². The van der Waals surface area contributed by atoms with Crippen LogP contribution < -0.4 is 5.73 Å². The first-order valence-corrected chi connectivity index (χ1v) is 13.3. The first kappa shape index (κ1) is 23.2. The molecule has 0 fully saturated rings. The number of furan rings is 1. The summed E-state index contributed by atoms with van der Waals surface area (Å²) in [4.78, 5) is 0. The van der Waals surface area contributed by atoms with E-state index in [4.69, 9.17) is 10.2 Å². The van der Waals surface area contributed by atoms with Crippen LogP contribution in [0.25, 0.3) is 66.4 Å². The van der Waals surface area contributed by atoms with E-state index < -0.39 is 0 Å². The van der Waals surface area contributed by atoms with Crippen molar-refractivity contribution >= 4 is 21.9 Å². The normalized spacial score (nSPS) is 11.3. The second-order valence-electron chi connectivity index (χ2n) is 9.85. The summed E-state index contributed by atoms with van der Waals surface area (Å²) in [7, 11) is 0. The highest BCUT2D eigenvalue weighted by Gasteiger charge is 2.14. The van der Waals surface area contributed by atoms with Crippen LogP contribution in [-0.2, 0) is 6.54 Å². The van der Waals surface area contributed by atoms with Gasteiger partial charge in [-0.25, -0.2) is 0 Å². The SMILES string of the molecule is NCc1cccc2oc3ccc(-c4cccc(-c5ccccc5-c5ccccc5-c5ccccc5)c4)cc3c12. The summed E-state index contributed by atoms with van der Waals surface area (Å²) < 4.78 is 6.14. The molecule has 186 valence electrons. The van der Waals surface area contributed by atoms with Crippen LogP contribution in [0, 0.1) is 0 Å². The Bertz CT molecular complexity index is 1950. The molecule has 39 heavy (non-hydrogen) atoms. The van der Waals surface area contributed by atoms with Crippen molar-refractivity contribution in [2.45, 2.75) is 6.54 Å². The number of hydrogen-bond acceptors (Lipinski definition) is 2. The van der Waals surface area contributed by atoms with Crippen molar-refractivity contribution in [2.75, 3.05) is 0 Å². The Hall–Kier alpha value is -4.92. The lowest BCUT2D eigenvalue weighted by molar-refractivity contribution is 0.668. The predicted octanol–water partition coefficient (Wildman–Crippen LogP) is 9.71. The van der Waals surface area contributed by atoms with E-state index in [1.54, 1.807) is 0 Å². The van der Waals surface area contributed by atoms with Crippen molar-refractivity contribution in [1.82, 2.24) is 0 Å². The van der Waals surface area contributed by atoms with Gasteiger partial charge in [0, 0.05) is 17.3 Å². The molecule has 6 aromatic carbocycles. The number of benzene rings is 6. The van der Waals surface area contributed by atoms with E-state index in [0.717, 1.165) is 33.1 Å². The maximum Gasteiger partial charge on any atom is 0.135 e. The molecule has 0 unspecified atom stereocenters. The third kappa shape index (κ3) is 4.12. The quantitative estimate of drug-likeness (QED) is 0.255. The highest BCUT2D eigenvalue weighted by Crippen LogP contribution is 2.40. The van der Waals surface area contributed by atoms with Crippen molar-refractivity contribution in [1.29, 1.82) is 0 Å². The molecule has 7 rings (SSSR count). The van der Waals surface area contributed by atoms with Gasteiger partial charge in [0.2, 0.25) is 0 Å². The topological polar surface area (TPSA) is 39.2 Å². The standard InChI is InChI=1S/C37H27NO/c38-24-29-14-9-19-36-37(29)34-23-27(20-21-35(34)39-36)26-12-8-13-28(22-26)31-16-5-7-18-33(31)32-17-6-4-15-30(32)25-10-2-1-3-11-25/h1-23H,24,38H2. The van der Waals surface area contributed by atoms with Crippen LogP contribution in [0.15, 0.2) is 144 Å². The van der Waals surface area contributed by atoms with Gasteiger partial charge in [-0.1, -0.05) is 115 Å². The zero-order valence-corrected chi connectivity index (χ0v) is 21.5. The summed E-state index contributed by atoms with van der Waals surface area (Å²) in [5, 5.41) is 2.21. The summed E-state index contributed by atoms with van der Waals surface area (Å²) in [6.07, 6.45) is 0. The van der Waals surface area contributed by atoms with E-state index in [2.05, 4.69) is 127 Å². The van der Waals surface area contributed by atoms with Gasteiger partial charge in [0.1, 0.15) is 11.2 Å². The van der Waals surface area contributed by atoms with E-state index in [1.807, 2.05) is 12.1 Å². The number of hydrogen-bond donors (Lipinski definition) is 1. The zero-order chi connectivity index (χ0) is 26.2. The Labute approximate surface area is 228 Å². The zero-order valence-electron chi connectivity index (χ0n) is 21.5. The van der Waals surface area contributed by atoms with Gasteiger partial charge in [-0.2, -0.15) is 0 Å². The minimum absolute atomic E-state index is 0.479. The largest absolute Gasteiger partial charge is 0.456 e. The minimum atomic E-state index is 0.479. The van der Waals surface area contributed by atoms with Gasteiger partial charge < -0.3 is 10.2 Å². The second kappa shape index (κ2) is 9.75. The molecule has 0 saturated carbocycles. The molecule has 0 radical (unpaired) electrons. The molecular formula is C37H27NO. The molecule has 0 bridgehead atoms. The summed E-state index contributed by atoms with van der Waals surface area (Å²) in [6.45, 7) is 0.479. The molecule has 0 aliphatic rings. The van der Waals surface area contributed by atoms with Crippen molar-refractivity contribution in [3.05, 3.63) is 145 Å². The maximum atomic E-state index is 6.14. The van der Waals surface area contributed by atoms with E-state index in [0.29, 0.717) is 6.54 Å². The average molecular weight is 502 g/mol. The third-order valence-corrected chi connectivity index (χ3v) is 7.54. The van der Waals surface area contributed by atoms with Crippen LogP contribution in [0.3, 0.4) is 0 Å². The first-order chi connectivity index (χ1) is 19.3. The molecule has 0 amide bonds. The molecule has 0 saturated heterocycles. The summed E-state index contributed by atoms with van der Waals surface area (Å²) in [6, 6.07) is 49.3. The number of fused-ring (bicyclic) bond motifs is 3. The Balaban J connectivity index is 1.36. The number of nitrogens with two attached hydrogens (primary N) is 1. The molecule has 0 aliphatic heterocycles. The van der Waals surface area contributed by atoms with Crippen molar-refractivity contribution < 1.29 is 4.42 Å². The van der Waals surface area contributed by atoms with Crippen LogP contribution in [0.1, 0.15) is 5.56 Å². The fourth-order valence-electron chi connectivity index (χ4n) is 5.67. The molecule has 0 aliphatic carbocycles. The molecule has 2 heteroatoms. The van der Waals surface area contributed by atoms with E-state index in [-0.39, 0.29) is 0 Å². The fourth-order valence-corrected chi connectivity index (χ4v) is 5.67. The van der Waals surface area contributed by atoms with Crippen LogP contribution >= 0.6 is 0 Å². The van der Waals surface area contributed by atoms with E-state index >= 15 is 0 Å². The lowest BCUT2D eigenvalue weighted by Gasteiger charge is -2.15. The minimum Gasteiger partial charge on any atom is -0.456 e. The lowest BCUT2D eigenvalue weighted by atomic mass is 9.88. The summed E-state index contributed by atoms with van der Waals surface area (Å²) >= 11 is 0. The summed E-state index contributed by atoms with van der Waals surface area (Å²) in [5.74, 6) is 0. The van der Waals surface area contributed by atoms with Gasteiger partial charge in [-0.05, 0) is 74.3 Å². The third-order valence-electron chi connectivity index (χ3n) is 7.54. The van der Waals surface area contributed by atoms with Crippen molar-refractivity contribution in [3.63, 3.8) is 0 Å². The highest BCUT2D eigenvalue weighted by atomic mass is 16.3. The molecular weight excluding hydrogens is 474 g/mol. The monoisotopic (exact) mass is 501 g/mol. The maximum absolute atomic E-state index is 6.14. The Kier molecular flexibility index (Phi) is 5.81. The smallest absolute Gasteiger partial charge is 0.135 e. The molecule has 1 heterocycles. The van der Waals surface area contributed by atoms with Gasteiger partial charge in [0.25, 0.3) is 0 Å². The highest BCUT2D eigenvalue weighted by molar-refractivity contribution is 6.08. The van der Waals surface area contributed by atoms with Crippen molar-refractivity contribution in [2.24, 2.45) is 5.73 Å². The molecule has 2 N–H and O–H groups in total. The Morgan fingerprint density at radius 1 is 0.436 bits per heavy atom. The average Bonchev–Trinajstić information content (AvgIpc) is 3.40. The van der Waals surface area contributed by atoms with Crippen LogP contribution in [0.4, 0.5) is 0 Å². The summed E-state index contributed by atoms with van der Waals surface area (Å²) in [5.41, 5.74) is 18.5. The number of rotatable bonds is 5. The Morgan fingerprint density at radius 2 is 1.03 bits per heavy atom. The van der Waals surface area contributed by atoms with Gasteiger partial charge in [-0.3, -0.25) is 0 Å². The Morgan fingerprint density at radius 3 is 1.77 bits per heavy atom. The molecule has 1 aromatic heterocycles. The first-order valence-electron chi connectivity index (χ1n) is 13.3. The van der Waals surface area contributed by atoms with Gasteiger partial charge in [0.15, 0.2) is 0 Å². The molecule has 2 nitrogen and oxygen atoms in total. The van der Waals surface area contributed by atoms with Gasteiger partial charge >= 0.3 is 0 Å². The van der Waals surface area contributed by atoms with Crippen LogP contribution in [-0.4, -0.2) is 0 Å². The van der Waals surface area contributed by atoms with E-state index in [9.17, 15) is 0 Å². The van der Waals surface area contributed by atoms with Crippen molar-refractivity contribution in [3.8, 4) is 44.5 Å². The fraction of sp³-hybridized carbons (Fsp3) is 0.0270. The molecule has 0 atom stereocenters. The van der Waals surface area contributed by atoms with Gasteiger partial charge in [-0.15, -0.1) is 0 Å². The molecule has 7 aromatic rings. The predicted molar refractivity (Wildman–Crippen MR) is 163 cm³/mol. The van der Waals surface area contributed by atoms with Crippen LogP contribution in [0.2, 0.25) is 0 Å². The van der Waals surface area contributed by atoms with E-state index in [1.165, 1.54) is 38.9 Å². The molecule has 0 spiro atoms. The van der Waals surface area contributed by atoms with Gasteiger partial charge in [0.05, 0.1) is 0 Å². The lowest BCUT2D eigenvalue weighted by Crippen LogP contribution is -1.96. The second-order valence-corrected chi connectivity index (χ2v) is 9.85.